The summed E-state index contributed by atoms with van der Waals surface area (Å²) in [6.45, 7) is 6.39. The fourth-order valence-corrected chi connectivity index (χ4v) is 8.20. The summed E-state index contributed by atoms with van der Waals surface area (Å²) in [5.74, 6) is -0.305. The zero-order valence-corrected chi connectivity index (χ0v) is 23.8. The lowest BCUT2D eigenvalue weighted by Crippen LogP contribution is -2.45. The van der Waals surface area contributed by atoms with Gasteiger partial charge < -0.3 is 15.0 Å². The molecule has 2 aromatic carbocycles. The number of hydrogen-bond donors (Lipinski definition) is 1. The predicted molar refractivity (Wildman–Crippen MR) is 160 cm³/mol. The van der Waals surface area contributed by atoms with Crippen molar-refractivity contribution in [2.45, 2.75) is 50.5 Å². The molecule has 0 saturated carbocycles. The minimum absolute atomic E-state index is 0.0195. The standard InChI is InChI=1S/C33H36F2N6O/c34-25-9-2-7-22-6-1-8-23(26(22)25)28-27(35)29-24(18-37-28)30(40-15-3-10-32(20-40)13-14-36-19-32)39-31(38-29)42-21-33-11-4-16-41(33)17-5-12-33/h1-2,6-9,18,36H,3-5,10-17,19-21H2. The Kier molecular flexibility index (Phi) is 6.30. The minimum atomic E-state index is -0.576. The monoisotopic (exact) mass is 570 g/mol. The maximum Gasteiger partial charge on any atom is 0.319 e. The molecular formula is C33H36F2N6O. The van der Waals surface area contributed by atoms with E-state index in [9.17, 15) is 0 Å². The van der Waals surface area contributed by atoms with Gasteiger partial charge in [0.2, 0.25) is 0 Å². The summed E-state index contributed by atoms with van der Waals surface area (Å²) in [5.41, 5.74) is 0.875. The molecule has 9 heteroatoms. The highest BCUT2D eigenvalue weighted by atomic mass is 19.1. The van der Waals surface area contributed by atoms with Gasteiger partial charge in [0.15, 0.2) is 5.82 Å². The highest BCUT2D eigenvalue weighted by Crippen LogP contribution is 2.42. The number of nitrogens with zero attached hydrogens (tertiary/aromatic N) is 5. The summed E-state index contributed by atoms with van der Waals surface area (Å²) in [4.78, 5) is 19.0. The third-order valence-electron chi connectivity index (χ3n) is 10.3. The number of nitrogens with one attached hydrogen (secondary N) is 1. The molecule has 4 aliphatic rings. The van der Waals surface area contributed by atoms with Crippen molar-refractivity contribution in [3.63, 3.8) is 0 Å². The molecule has 0 radical (unpaired) electrons. The minimum Gasteiger partial charge on any atom is -0.461 e. The molecule has 1 spiro atoms. The van der Waals surface area contributed by atoms with E-state index in [2.05, 4.69) is 25.1 Å². The Hall–Kier alpha value is -3.43. The van der Waals surface area contributed by atoms with Gasteiger partial charge in [-0.3, -0.25) is 9.88 Å². The summed E-state index contributed by atoms with van der Waals surface area (Å²) in [6, 6.07) is 10.4. The van der Waals surface area contributed by atoms with Crippen molar-refractivity contribution in [3.8, 4) is 17.3 Å². The van der Waals surface area contributed by atoms with Crippen LogP contribution in [0.15, 0.2) is 42.6 Å². The van der Waals surface area contributed by atoms with Crippen LogP contribution in [0.5, 0.6) is 6.01 Å². The molecule has 218 valence electrons. The molecule has 0 amide bonds. The van der Waals surface area contributed by atoms with E-state index in [4.69, 9.17) is 9.72 Å². The molecule has 4 aromatic rings. The quantitative estimate of drug-likeness (QED) is 0.330. The van der Waals surface area contributed by atoms with Crippen LogP contribution in [0.25, 0.3) is 32.9 Å². The van der Waals surface area contributed by atoms with Gasteiger partial charge in [-0.2, -0.15) is 9.97 Å². The Morgan fingerprint density at radius 1 is 0.929 bits per heavy atom. The maximum absolute atomic E-state index is 16.6. The Morgan fingerprint density at radius 2 is 1.74 bits per heavy atom. The van der Waals surface area contributed by atoms with Crippen molar-refractivity contribution in [1.29, 1.82) is 0 Å². The largest absolute Gasteiger partial charge is 0.461 e. The van der Waals surface area contributed by atoms with Crippen molar-refractivity contribution < 1.29 is 13.5 Å². The van der Waals surface area contributed by atoms with E-state index in [0.717, 1.165) is 65.0 Å². The van der Waals surface area contributed by atoms with Gasteiger partial charge in [-0.25, -0.2) is 8.78 Å². The van der Waals surface area contributed by atoms with Crippen molar-refractivity contribution >= 4 is 27.5 Å². The van der Waals surface area contributed by atoms with Crippen LogP contribution in [-0.2, 0) is 0 Å². The van der Waals surface area contributed by atoms with Crippen LogP contribution in [0.1, 0.15) is 44.9 Å². The summed E-state index contributed by atoms with van der Waals surface area (Å²) >= 11 is 0. The number of aromatic nitrogens is 3. The molecule has 0 aliphatic carbocycles. The van der Waals surface area contributed by atoms with Crippen LogP contribution in [0.4, 0.5) is 14.6 Å². The van der Waals surface area contributed by atoms with Crippen LogP contribution >= 0.6 is 0 Å². The van der Waals surface area contributed by atoms with Crippen LogP contribution < -0.4 is 15.0 Å². The van der Waals surface area contributed by atoms with Gasteiger partial charge in [-0.05, 0) is 76.0 Å². The van der Waals surface area contributed by atoms with Crippen LogP contribution in [-0.4, -0.2) is 71.3 Å². The van der Waals surface area contributed by atoms with E-state index in [1.165, 1.54) is 25.3 Å². The van der Waals surface area contributed by atoms with Gasteiger partial charge in [0, 0.05) is 42.2 Å². The Bertz CT molecular complexity index is 1660. The molecule has 0 bridgehead atoms. The number of ether oxygens (including phenoxy) is 1. The highest BCUT2D eigenvalue weighted by Gasteiger charge is 2.45. The van der Waals surface area contributed by atoms with E-state index in [1.54, 1.807) is 24.4 Å². The molecule has 1 N–H and O–H groups in total. The average molecular weight is 571 g/mol. The van der Waals surface area contributed by atoms with Gasteiger partial charge in [0.1, 0.15) is 29.5 Å². The molecule has 42 heavy (non-hydrogen) atoms. The number of fused-ring (bicyclic) bond motifs is 3. The highest BCUT2D eigenvalue weighted by molar-refractivity contribution is 5.99. The number of rotatable bonds is 5. The van der Waals surface area contributed by atoms with E-state index in [0.29, 0.717) is 34.1 Å². The van der Waals surface area contributed by atoms with Gasteiger partial charge in [0.25, 0.3) is 0 Å². The lowest BCUT2D eigenvalue weighted by molar-refractivity contribution is 0.108. The first-order chi connectivity index (χ1) is 20.5. The molecule has 2 aromatic heterocycles. The fraction of sp³-hybridized carbons (Fsp3) is 0.485. The first kappa shape index (κ1) is 26.2. The van der Waals surface area contributed by atoms with Gasteiger partial charge >= 0.3 is 6.01 Å². The smallest absolute Gasteiger partial charge is 0.319 e. The molecule has 4 aliphatic heterocycles. The first-order valence-electron chi connectivity index (χ1n) is 15.4. The van der Waals surface area contributed by atoms with Crippen molar-refractivity contribution in [2.24, 2.45) is 5.41 Å². The van der Waals surface area contributed by atoms with Gasteiger partial charge in [0.05, 0.1) is 10.9 Å². The maximum atomic E-state index is 16.6. The van der Waals surface area contributed by atoms with Crippen molar-refractivity contribution in [2.75, 3.05) is 50.8 Å². The Labute approximate surface area is 244 Å². The lowest BCUT2D eigenvalue weighted by Gasteiger charge is -2.41. The van der Waals surface area contributed by atoms with Crippen molar-refractivity contribution in [3.05, 3.63) is 54.2 Å². The third kappa shape index (κ3) is 4.23. The molecule has 6 heterocycles. The van der Waals surface area contributed by atoms with E-state index < -0.39 is 11.6 Å². The zero-order chi connectivity index (χ0) is 28.3. The summed E-state index contributed by atoms with van der Waals surface area (Å²) < 4.78 is 38.1. The topological polar surface area (TPSA) is 66.4 Å². The third-order valence-corrected chi connectivity index (χ3v) is 10.3. The van der Waals surface area contributed by atoms with E-state index in [-0.39, 0.29) is 28.2 Å². The summed E-state index contributed by atoms with van der Waals surface area (Å²) in [6.07, 6.45) is 9.54. The lowest BCUT2D eigenvalue weighted by atomic mass is 9.79. The van der Waals surface area contributed by atoms with Gasteiger partial charge in [-0.1, -0.05) is 30.3 Å². The average Bonchev–Trinajstić information content (AvgIpc) is 3.73. The van der Waals surface area contributed by atoms with Gasteiger partial charge in [-0.15, -0.1) is 0 Å². The second-order valence-corrected chi connectivity index (χ2v) is 12.8. The molecule has 7 nitrogen and oxygen atoms in total. The first-order valence-corrected chi connectivity index (χ1v) is 15.4. The fourth-order valence-electron chi connectivity index (χ4n) is 8.20. The molecule has 1 unspecified atom stereocenters. The SMILES string of the molecule is Fc1c(-c2cccc3cccc(F)c23)ncc2c(N3CCCC4(CCNC4)C3)nc(OCC34CCCN3CCC4)nc12. The molecule has 1 atom stereocenters. The molecular weight excluding hydrogens is 534 g/mol. The van der Waals surface area contributed by atoms with Crippen molar-refractivity contribution in [1.82, 2.24) is 25.2 Å². The number of piperidine rings is 1. The number of benzene rings is 2. The van der Waals surface area contributed by atoms with Crippen LogP contribution in [0.2, 0.25) is 0 Å². The van der Waals surface area contributed by atoms with E-state index >= 15 is 8.78 Å². The molecule has 4 fully saturated rings. The normalized spacial score (nSPS) is 23.8. The second kappa shape index (κ2) is 10.1. The Balaban J connectivity index is 1.25. The van der Waals surface area contributed by atoms with Crippen LogP contribution in [0.3, 0.4) is 0 Å². The number of pyridine rings is 1. The number of halogens is 2. The number of hydrogen-bond acceptors (Lipinski definition) is 7. The Morgan fingerprint density at radius 3 is 2.55 bits per heavy atom. The van der Waals surface area contributed by atoms with Crippen LogP contribution in [0, 0.1) is 17.0 Å². The zero-order valence-electron chi connectivity index (χ0n) is 23.8. The molecule has 8 rings (SSSR count). The predicted octanol–water partition coefficient (Wildman–Crippen LogP) is 5.71. The number of anilines is 1. The second-order valence-electron chi connectivity index (χ2n) is 12.8. The summed E-state index contributed by atoms with van der Waals surface area (Å²) in [5, 5.41) is 5.15. The summed E-state index contributed by atoms with van der Waals surface area (Å²) in [7, 11) is 0. The molecule has 4 saturated heterocycles. The van der Waals surface area contributed by atoms with E-state index in [1.807, 2.05) is 12.1 Å².